The first-order valence-electron chi connectivity index (χ1n) is 6.59. The van der Waals surface area contributed by atoms with E-state index in [1.807, 2.05) is 12.1 Å². The van der Waals surface area contributed by atoms with Gasteiger partial charge in [0.2, 0.25) is 0 Å². The smallest absolute Gasteiger partial charge is 0.0571 e. The first-order chi connectivity index (χ1) is 8.17. The lowest BCUT2D eigenvalue weighted by Gasteiger charge is -2.22. The second kappa shape index (κ2) is 7.73. The van der Waals surface area contributed by atoms with E-state index in [9.17, 15) is 5.11 Å². The van der Waals surface area contributed by atoms with Crippen molar-refractivity contribution >= 4 is 11.6 Å². The van der Waals surface area contributed by atoms with E-state index in [-0.39, 0.29) is 6.10 Å². The number of aliphatic hydroxyl groups is 1. The molecule has 2 atom stereocenters. The summed E-state index contributed by atoms with van der Waals surface area (Å²) in [5, 5.41) is 10.9. The van der Waals surface area contributed by atoms with Gasteiger partial charge in [0.15, 0.2) is 0 Å². The summed E-state index contributed by atoms with van der Waals surface area (Å²) >= 11 is 5.87. The van der Waals surface area contributed by atoms with Crippen LogP contribution in [-0.2, 0) is 6.42 Å². The molecule has 0 aliphatic carbocycles. The maximum Gasteiger partial charge on any atom is 0.0571 e. The Kier molecular flexibility index (Phi) is 6.61. The molecule has 0 aliphatic rings. The Labute approximate surface area is 110 Å². The Hall–Kier alpha value is -0.530. The van der Waals surface area contributed by atoms with Crippen LogP contribution in [-0.4, -0.2) is 11.2 Å². The van der Waals surface area contributed by atoms with Crippen LogP contribution in [0.4, 0.5) is 0 Å². The van der Waals surface area contributed by atoms with Gasteiger partial charge < -0.3 is 5.11 Å². The molecule has 2 heteroatoms. The van der Waals surface area contributed by atoms with Gasteiger partial charge in [-0.05, 0) is 42.9 Å². The zero-order valence-electron chi connectivity index (χ0n) is 10.8. The number of aliphatic hydroxyl groups excluding tert-OH is 1. The van der Waals surface area contributed by atoms with Gasteiger partial charge in [-0.2, -0.15) is 0 Å². The molecule has 0 amide bonds. The Morgan fingerprint density at radius 2 is 1.65 bits per heavy atom. The van der Waals surface area contributed by atoms with Crippen molar-refractivity contribution < 1.29 is 5.11 Å². The normalized spacial score (nSPS) is 14.6. The predicted octanol–water partition coefficient (Wildman–Crippen LogP) is 4.46. The summed E-state index contributed by atoms with van der Waals surface area (Å²) in [6.07, 6.45) is 4.94. The summed E-state index contributed by atoms with van der Waals surface area (Å²) in [7, 11) is 0. The zero-order chi connectivity index (χ0) is 12.7. The van der Waals surface area contributed by atoms with Crippen LogP contribution in [0.25, 0.3) is 0 Å². The van der Waals surface area contributed by atoms with Gasteiger partial charge in [0.05, 0.1) is 6.10 Å². The number of halogens is 1. The fourth-order valence-electron chi connectivity index (χ4n) is 2.26. The van der Waals surface area contributed by atoms with Crippen molar-refractivity contribution in [2.75, 3.05) is 0 Å². The molecule has 17 heavy (non-hydrogen) atoms. The third kappa shape index (κ3) is 5.10. The van der Waals surface area contributed by atoms with E-state index in [4.69, 9.17) is 11.6 Å². The Morgan fingerprint density at radius 3 is 2.18 bits per heavy atom. The lowest BCUT2D eigenvalue weighted by Crippen LogP contribution is -2.22. The third-order valence-electron chi connectivity index (χ3n) is 3.20. The highest BCUT2D eigenvalue weighted by Gasteiger charge is 2.17. The minimum absolute atomic E-state index is 0.171. The summed E-state index contributed by atoms with van der Waals surface area (Å²) in [4.78, 5) is 0. The molecule has 0 fully saturated rings. The number of hydrogen-bond acceptors (Lipinski definition) is 1. The van der Waals surface area contributed by atoms with Gasteiger partial charge in [0.25, 0.3) is 0 Å². The molecular weight excluding hydrogens is 232 g/mol. The Bertz CT molecular complexity index is 307. The molecule has 96 valence electrons. The van der Waals surface area contributed by atoms with Crippen molar-refractivity contribution in [1.29, 1.82) is 0 Å². The SMILES string of the molecule is CCCC(O)C(CCC)Cc1ccc(Cl)cc1. The molecule has 1 rings (SSSR count). The average molecular weight is 255 g/mol. The van der Waals surface area contributed by atoms with Crippen LogP contribution < -0.4 is 0 Å². The van der Waals surface area contributed by atoms with Crippen LogP contribution in [0, 0.1) is 5.92 Å². The minimum Gasteiger partial charge on any atom is -0.393 e. The predicted molar refractivity (Wildman–Crippen MR) is 74.5 cm³/mol. The standard InChI is InChI=1S/C15H23ClO/c1-3-5-13(15(17)6-4-2)11-12-7-9-14(16)10-8-12/h7-10,13,15,17H,3-6,11H2,1-2H3. The molecule has 0 saturated carbocycles. The number of hydrogen-bond donors (Lipinski definition) is 1. The molecule has 0 radical (unpaired) electrons. The van der Waals surface area contributed by atoms with E-state index in [2.05, 4.69) is 26.0 Å². The number of benzene rings is 1. The van der Waals surface area contributed by atoms with Crippen molar-refractivity contribution in [1.82, 2.24) is 0 Å². The lowest BCUT2D eigenvalue weighted by atomic mass is 9.88. The molecule has 1 N–H and O–H groups in total. The summed E-state index contributed by atoms with van der Waals surface area (Å²) in [5.74, 6) is 0.376. The monoisotopic (exact) mass is 254 g/mol. The zero-order valence-corrected chi connectivity index (χ0v) is 11.6. The van der Waals surface area contributed by atoms with Gasteiger partial charge in [-0.25, -0.2) is 0 Å². The van der Waals surface area contributed by atoms with Crippen LogP contribution in [0.15, 0.2) is 24.3 Å². The first kappa shape index (κ1) is 14.5. The maximum atomic E-state index is 10.1. The van der Waals surface area contributed by atoms with Gasteiger partial charge in [-0.15, -0.1) is 0 Å². The van der Waals surface area contributed by atoms with Crippen LogP contribution in [0.2, 0.25) is 5.02 Å². The summed E-state index contributed by atoms with van der Waals surface area (Å²) in [6, 6.07) is 7.96. The Balaban J connectivity index is 2.62. The van der Waals surface area contributed by atoms with Gasteiger partial charge in [0, 0.05) is 5.02 Å². The average Bonchev–Trinajstić information content (AvgIpc) is 2.31. The van der Waals surface area contributed by atoms with Crippen LogP contribution in [0.1, 0.15) is 45.1 Å². The highest BCUT2D eigenvalue weighted by Crippen LogP contribution is 2.22. The van der Waals surface area contributed by atoms with E-state index >= 15 is 0 Å². The molecule has 1 aromatic carbocycles. The molecule has 0 spiro atoms. The molecule has 2 unspecified atom stereocenters. The van der Waals surface area contributed by atoms with Gasteiger partial charge in [-0.1, -0.05) is 50.4 Å². The van der Waals surface area contributed by atoms with E-state index in [1.54, 1.807) is 0 Å². The molecular formula is C15H23ClO. The van der Waals surface area contributed by atoms with Crippen molar-refractivity contribution in [2.45, 2.75) is 52.1 Å². The van der Waals surface area contributed by atoms with Crippen molar-refractivity contribution in [3.8, 4) is 0 Å². The van der Waals surface area contributed by atoms with Gasteiger partial charge >= 0.3 is 0 Å². The first-order valence-corrected chi connectivity index (χ1v) is 6.97. The van der Waals surface area contributed by atoms with E-state index in [0.717, 1.165) is 37.1 Å². The molecule has 1 nitrogen and oxygen atoms in total. The molecule has 0 aliphatic heterocycles. The van der Waals surface area contributed by atoms with Crippen LogP contribution in [0.3, 0.4) is 0 Å². The van der Waals surface area contributed by atoms with Crippen LogP contribution in [0.5, 0.6) is 0 Å². The second-order valence-electron chi connectivity index (χ2n) is 4.74. The van der Waals surface area contributed by atoms with Gasteiger partial charge in [0.1, 0.15) is 0 Å². The van der Waals surface area contributed by atoms with Gasteiger partial charge in [-0.3, -0.25) is 0 Å². The maximum absolute atomic E-state index is 10.1. The molecule has 0 saturated heterocycles. The summed E-state index contributed by atoms with van der Waals surface area (Å²) in [5.41, 5.74) is 1.27. The highest BCUT2D eigenvalue weighted by molar-refractivity contribution is 6.30. The van der Waals surface area contributed by atoms with Crippen molar-refractivity contribution in [3.05, 3.63) is 34.9 Å². The number of rotatable bonds is 7. The molecule has 0 aromatic heterocycles. The summed E-state index contributed by atoms with van der Waals surface area (Å²) < 4.78 is 0. The Morgan fingerprint density at radius 1 is 1.06 bits per heavy atom. The van der Waals surface area contributed by atoms with Crippen molar-refractivity contribution in [3.63, 3.8) is 0 Å². The fourth-order valence-corrected chi connectivity index (χ4v) is 2.38. The highest BCUT2D eigenvalue weighted by atomic mass is 35.5. The van der Waals surface area contributed by atoms with Crippen LogP contribution >= 0.6 is 11.6 Å². The van der Waals surface area contributed by atoms with E-state index < -0.39 is 0 Å². The quantitative estimate of drug-likeness (QED) is 0.762. The third-order valence-corrected chi connectivity index (χ3v) is 3.45. The minimum atomic E-state index is -0.171. The summed E-state index contributed by atoms with van der Waals surface area (Å²) in [6.45, 7) is 4.29. The molecule has 1 aromatic rings. The topological polar surface area (TPSA) is 20.2 Å². The molecule has 0 heterocycles. The van der Waals surface area contributed by atoms with E-state index in [0.29, 0.717) is 5.92 Å². The largest absolute Gasteiger partial charge is 0.393 e. The lowest BCUT2D eigenvalue weighted by molar-refractivity contribution is 0.0925. The fraction of sp³-hybridized carbons (Fsp3) is 0.600. The van der Waals surface area contributed by atoms with Crippen molar-refractivity contribution in [2.24, 2.45) is 5.92 Å². The van der Waals surface area contributed by atoms with E-state index in [1.165, 1.54) is 5.56 Å². The molecule has 0 bridgehead atoms. The second-order valence-corrected chi connectivity index (χ2v) is 5.17.